The molecular formula is C21H42O3. The molecule has 0 aromatic carbocycles. The second-order valence-electron chi connectivity index (χ2n) is 7.52. The van der Waals surface area contributed by atoms with E-state index in [0.717, 1.165) is 32.8 Å². The maximum Gasteiger partial charge on any atom is 0.0835 e. The zero-order chi connectivity index (χ0) is 17.6. The summed E-state index contributed by atoms with van der Waals surface area (Å²) < 4.78 is 17.9. The minimum atomic E-state index is 0.231. The largest absolute Gasteiger partial charge is 0.378 e. The summed E-state index contributed by atoms with van der Waals surface area (Å²) in [6, 6.07) is 0. The van der Waals surface area contributed by atoms with Crippen molar-refractivity contribution in [3.8, 4) is 0 Å². The highest BCUT2D eigenvalue weighted by atomic mass is 16.6. The van der Waals surface area contributed by atoms with Gasteiger partial charge in [0.2, 0.25) is 0 Å². The zero-order valence-corrected chi connectivity index (χ0v) is 16.7. The van der Waals surface area contributed by atoms with E-state index in [1.54, 1.807) is 0 Å². The SMILES string of the molecule is CCCCC(CC)COCC1CC(OCC(CC)CCCC)CO1. The Morgan fingerprint density at radius 3 is 2.12 bits per heavy atom. The van der Waals surface area contributed by atoms with E-state index in [-0.39, 0.29) is 12.2 Å². The van der Waals surface area contributed by atoms with Crippen molar-refractivity contribution in [3.05, 3.63) is 0 Å². The Hall–Kier alpha value is -0.120. The van der Waals surface area contributed by atoms with E-state index in [9.17, 15) is 0 Å². The molecule has 1 rings (SSSR count). The van der Waals surface area contributed by atoms with Gasteiger partial charge in [-0.1, -0.05) is 66.2 Å². The van der Waals surface area contributed by atoms with Crippen molar-refractivity contribution >= 4 is 0 Å². The van der Waals surface area contributed by atoms with Crippen LogP contribution in [0.25, 0.3) is 0 Å². The molecule has 24 heavy (non-hydrogen) atoms. The highest BCUT2D eigenvalue weighted by Crippen LogP contribution is 2.21. The van der Waals surface area contributed by atoms with Crippen molar-refractivity contribution in [1.82, 2.24) is 0 Å². The van der Waals surface area contributed by atoms with E-state index in [1.165, 1.54) is 51.4 Å². The van der Waals surface area contributed by atoms with Crippen molar-refractivity contribution in [2.24, 2.45) is 11.8 Å². The van der Waals surface area contributed by atoms with E-state index >= 15 is 0 Å². The van der Waals surface area contributed by atoms with Gasteiger partial charge in [0, 0.05) is 19.6 Å². The van der Waals surface area contributed by atoms with Crippen molar-refractivity contribution in [2.45, 2.75) is 97.7 Å². The van der Waals surface area contributed by atoms with Gasteiger partial charge in [-0.3, -0.25) is 0 Å². The van der Waals surface area contributed by atoms with Crippen LogP contribution in [0, 0.1) is 11.8 Å². The summed E-state index contributed by atoms with van der Waals surface area (Å²) in [6.45, 7) is 12.3. The molecule has 0 bridgehead atoms. The van der Waals surface area contributed by atoms with Crippen molar-refractivity contribution in [3.63, 3.8) is 0 Å². The van der Waals surface area contributed by atoms with E-state index in [0.29, 0.717) is 11.8 Å². The fraction of sp³-hybridized carbons (Fsp3) is 1.00. The smallest absolute Gasteiger partial charge is 0.0835 e. The van der Waals surface area contributed by atoms with E-state index in [4.69, 9.17) is 14.2 Å². The molecule has 4 atom stereocenters. The quantitative estimate of drug-likeness (QED) is 0.387. The summed E-state index contributed by atoms with van der Waals surface area (Å²) in [4.78, 5) is 0. The van der Waals surface area contributed by atoms with Crippen LogP contribution in [0.15, 0.2) is 0 Å². The molecule has 0 spiro atoms. The van der Waals surface area contributed by atoms with E-state index < -0.39 is 0 Å². The summed E-state index contributed by atoms with van der Waals surface area (Å²) >= 11 is 0. The Balaban J connectivity index is 2.12. The standard InChI is InChI=1S/C21H42O3/c1-5-9-11-18(7-3)14-22-16-20-13-21(17-24-20)23-15-19(8-4)12-10-6-2/h18-21H,5-17H2,1-4H3. The number of unbranched alkanes of at least 4 members (excludes halogenated alkanes) is 2. The van der Waals surface area contributed by atoms with Crippen molar-refractivity contribution in [2.75, 3.05) is 26.4 Å². The van der Waals surface area contributed by atoms with Crippen LogP contribution in [0.3, 0.4) is 0 Å². The third kappa shape index (κ3) is 9.39. The van der Waals surface area contributed by atoms with Gasteiger partial charge >= 0.3 is 0 Å². The molecule has 3 heteroatoms. The molecule has 0 aromatic rings. The normalized spacial score (nSPS) is 23.5. The second-order valence-corrected chi connectivity index (χ2v) is 7.52. The Morgan fingerprint density at radius 2 is 1.54 bits per heavy atom. The molecule has 0 aliphatic carbocycles. The maximum atomic E-state index is 6.10. The first-order valence-corrected chi connectivity index (χ1v) is 10.5. The van der Waals surface area contributed by atoms with Crippen molar-refractivity contribution in [1.29, 1.82) is 0 Å². The van der Waals surface area contributed by atoms with Crippen LogP contribution in [-0.2, 0) is 14.2 Å². The predicted molar refractivity (Wildman–Crippen MR) is 102 cm³/mol. The number of ether oxygens (including phenoxy) is 3. The minimum absolute atomic E-state index is 0.231. The third-order valence-corrected chi connectivity index (χ3v) is 5.36. The fourth-order valence-corrected chi connectivity index (χ4v) is 3.34. The van der Waals surface area contributed by atoms with Gasteiger partial charge in [0.05, 0.1) is 25.4 Å². The molecule has 4 unspecified atom stereocenters. The lowest BCUT2D eigenvalue weighted by atomic mass is 10.0. The lowest BCUT2D eigenvalue weighted by Crippen LogP contribution is -2.20. The summed E-state index contributed by atoms with van der Waals surface area (Å²) in [7, 11) is 0. The van der Waals surface area contributed by atoms with Crippen LogP contribution >= 0.6 is 0 Å². The van der Waals surface area contributed by atoms with Gasteiger partial charge in [-0.25, -0.2) is 0 Å². The molecule has 0 aromatic heterocycles. The third-order valence-electron chi connectivity index (χ3n) is 5.36. The predicted octanol–water partition coefficient (Wildman–Crippen LogP) is 5.61. The Morgan fingerprint density at radius 1 is 0.917 bits per heavy atom. The molecule has 0 radical (unpaired) electrons. The van der Waals surface area contributed by atoms with Gasteiger partial charge in [0.25, 0.3) is 0 Å². The van der Waals surface area contributed by atoms with E-state index in [1.807, 2.05) is 0 Å². The molecule has 1 aliphatic heterocycles. The van der Waals surface area contributed by atoms with Gasteiger partial charge < -0.3 is 14.2 Å². The molecule has 144 valence electrons. The summed E-state index contributed by atoms with van der Waals surface area (Å²) in [5.74, 6) is 1.42. The van der Waals surface area contributed by atoms with Crippen LogP contribution in [0.2, 0.25) is 0 Å². The Bertz CT molecular complexity index is 282. The zero-order valence-electron chi connectivity index (χ0n) is 16.7. The van der Waals surface area contributed by atoms with Crippen molar-refractivity contribution < 1.29 is 14.2 Å². The first-order valence-electron chi connectivity index (χ1n) is 10.5. The summed E-state index contributed by atoms with van der Waals surface area (Å²) in [5, 5.41) is 0. The fourth-order valence-electron chi connectivity index (χ4n) is 3.34. The molecule has 1 aliphatic rings. The highest BCUT2D eigenvalue weighted by Gasteiger charge is 2.27. The van der Waals surface area contributed by atoms with Crippen LogP contribution in [0.1, 0.15) is 85.5 Å². The molecular weight excluding hydrogens is 300 g/mol. The van der Waals surface area contributed by atoms with Crippen LogP contribution in [0.5, 0.6) is 0 Å². The van der Waals surface area contributed by atoms with Crippen LogP contribution in [0.4, 0.5) is 0 Å². The average molecular weight is 343 g/mol. The Kier molecular flexibility index (Phi) is 12.9. The molecule has 0 N–H and O–H groups in total. The van der Waals surface area contributed by atoms with E-state index in [2.05, 4.69) is 27.7 Å². The number of rotatable bonds is 15. The monoisotopic (exact) mass is 342 g/mol. The second kappa shape index (κ2) is 14.1. The molecule has 0 saturated carbocycles. The van der Waals surface area contributed by atoms with Crippen LogP contribution in [-0.4, -0.2) is 38.6 Å². The maximum absolute atomic E-state index is 6.10. The summed E-state index contributed by atoms with van der Waals surface area (Å²) in [5.41, 5.74) is 0. The first kappa shape index (κ1) is 21.9. The Labute approximate surface area is 150 Å². The van der Waals surface area contributed by atoms with Gasteiger partial charge in [-0.05, 0) is 24.7 Å². The lowest BCUT2D eigenvalue weighted by Gasteiger charge is -2.18. The van der Waals surface area contributed by atoms with Gasteiger partial charge in [-0.2, -0.15) is 0 Å². The number of hydrogen-bond donors (Lipinski definition) is 0. The average Bonchev–Trinajstić information content (AvgIpc) is 3.06. The molecule has 1 fully saturated rings. The number of hydrogen-bond acceptors (Lipinski definition) is 3. The molecule has 1 saturated heterocycles. The van der Waals surface area contributed by atoms with Gasteiger partial charge in [0.15, 0.2) is 0 Å². The molecule has 1 heterocycles. The minimum Gasteiger partial charge on any atom is -0.378 e. The summed E-state index contributed by atoms with van der Waals surface area (Å²) in [6.07, 6.45) is 11.7. The van der Waals surface area contributed by atoms with Crippen LogP contribution < -0.4 is 0 Å². The lowest BCUT2D eigenvalue weighted by molar-refractivity contribution is -0.00431. The molecule has 0 amide bonds. The highest BCUT2D eigenvalue weighted by molar-refractivity contribution is 4.74. The van der Waals surface area contributed by atoms with Gasteiger partial charge in [0.1, 0.15) is 0 Å². The van der Waals surface area contributed by atoms with Gasteiger partial charge in [-0.15, -0.1) is 0 Å². The molecule has 3 nitrogen and oxygen atoms in total. The topological polar surface area (TPSA) is 27.7 Å². The first-order chi connectivity index (χ1) is 11.7.